The summed E-state index contributed by atoms with van der Waals surface area (Å²) in [5.74, 6) is 0. The fourth-order valence-electron chi connectivity index (χ4n) is 1.63. The van der Waals surface area contributed by atoms with Crippen molar-refractivity contribution in [2.24, 2.45) is 7.05 Å². The number of amides is 1. The summed E-state index contributed by atoms with van der Waals surface area (Å²) in [6.07, 6.45) is 1.09. The summed E-state index contributed by atoms with van der Waals surface area (Å²) in [5, 5.41) is 29.2. The standard InChI is InChI=1S/C12H22N4O4/c1-11(2,3)20-10(19)13-12(7-17,8-18)5-9-6-16(4)15-14-9/h6,17-18H,5,7-8H2,1-4H3,(H,13,19). The maximum atomic E-state index is 11.8. The highest BCUT2D eigenvalue weighted by atomic mass is 16.6. The van der Waals surface area contributed by atoms with Crippen molar-refractivity contribution in [3.8, 4) is 0 Å². The van der Waals surface area contributed by atoms with Crippen LogP contribution in [0.2, 0.25) is 0 Å². The van der Waals surface area contributed by atoms with Gasteiger partial charge in [0.25, 0.3) is 0 Å². The number of alkyl carbamates (subject to hydrolysis) is 1. The van der Waals surface area contributed by atoms with E-state index in [0.717, 1.165) is 0 Å². The lowest BCUT2D eigenvalue weighted by Gasteiger charge is -2.31. The van der Waals surface area contributed by atoms with Crippen LogP contribution in [0.25, 0.3) is 0 Å². The predicted molar refractivity (Wildman–Crippen MR) is 71.0 cm³/mol. The third kappa shape index (κ3) is 4.78. The largest absolute Gasteiger partial charge is 0.444 e. The van der Waals surface area contributed by atoms with Crippen LogP contribution in [-0.2, 0) is 18.2 Å². The van der Waals surface area contributed by atoms with Gasteiger partial charge in [0, 0.05) is 19.7 Å². The Morgan fingerprint density at radius 1 is 1.40 bits per heavy atom. The van der Waals surface area contributed by atoms with Gasteiger partial charge in [-0.2, -0.15) is 0 Å². The lowest BCUT2D eigenvalue weighted by molar-refractivity contribution is 0.0293. The highest BCUT2D eigenvalue weighted by molar-refractivity contribution is 5.69. The van der Waals surface area contributed by atoms with E-state index in [1.165, 1.54) is 4.68 Å². The molecule has 0 unspecified atom stereocenters. The number of carbonyl (C=O) groups excluding carboxylic acids is 1. The number of rotatable bonds is 5. The van der Waals surface area contributed by atoms with Gasteiger partial charge in [0.05, 0.1) is 24.4 Å². The van der Waals surface area contributed by atoms with E-state index in [-0.39, 0.29) is 6.42 Å². The van der Waals surface area contributed by atoms with E-state index in [4.69, 9.17) is 4.74 Å². The van der Waals surface area contributed by atoms with Crippen molar-refractivity contribution in [3.63, 3.8) is 0 Å². The van der Waals surface area contributed by atoms with Gasteiger partial charge in [-0.1, -0.05) is 5.21 Å². The minimum atomic E-state index is -1.24. The SMILES string of the molecule is Cn1cc(CC(CO)(CO)NC(=O)OC(C)(C)C)nn1. The van der Waals surface area contributed by atoms with E-state index in [1.807, 2.05) is 0 Å². The van der Waals surface area contributed by atoms with Gasteiger partial charge in [-0.25, -0.2) is 4.79 Å². The summed E-state index contributed by atoms with van der Waals surface area (Å²) in [6, 6.07) is 0. The summed E-state index contributed by atoms with van der Waals surface area (Å²) in [5.41, 5.74) is -1.35. The Morgan fingerprint density at radius 3 is 2.40 bits per heavy atom. The molecule has 1 heterocycles. The van der Waals surface area contributed by atoms with Crippen LogP contribution >= 0.6 is 0 Å². The van der Waals surface area contributed by atoms with Crippen molar-refractivity contribution < 1.29 is 19.7 Å². The zero-order chi connectivity index (χ0) is 15.4. The van der Waals surface area contributed by atoms with E-state index in [9.17, 15) is 15.0 Å². The fourth-order valence-corrected chi connectivity index (χ4v) is 1.63. The Kier molecular flexibility index (Phi) is 5.07. The van der Waals surface area contributed by atoms with Gasteiger partial charge in [0.2, 0.25) is 0 Å². The number of hydrogen-bond donors (Lipinski definition) is 3. The molecular weight excluding hydrogens is 264 g/mol. The van der Waals surface area contributed by atoms with Crippen LogP contribution in [0.5, 0.6) is 0 Å². The molecule has 0 radical (unpaired) electrons. The number of ether oxygens (including phenoxy) is 1. The van der Waals surface area contributed by atoms with Crippen LogP contribution in [0.15, 0.2) is 6.20 Å². The monoisotopic (exact) mass is 286 g/mol. The molecule has 8 heteroatoms. The van der Waals surface area contributed by atoms with Crippen molar-refractivity contribution in [2.75, 3.05) is 13.2 Å². The predicted octanol–water partition coefficient (Wildman–Crippen LogP) is -0.394. The first-order chi connectivity index (χ1) is 9.19. The molecule has 3 N–H and O–H groups in total. The summed E-state index contributed by atoms with van der Waals surface area (Å²) in [4.78, 5) is 11.8. The second kappa shape index (κ2) is 6.19. The Bertz CT molecular complexity index is 449. The summed E-state index contributed by atoms with van der Waals surface area (Å²) < 4.78 is 6.63. The molecule has 0 aliphatic rings. The van der Waals surface area contributed by atoms with Crippen molar-refractivity contribution in [3.05, 3.63) is 11.9 Å². The molecule has 0 spiro atoms. The first kappa shape index (κ1) is 16.4. The second-order valence-electron chi connectivity index (χ2n) is 5.78. The van der Waals surface area contributed by atoms with Gasteiger partial charge < -0.3 is 20.3 Å². The van der Waals surface area contributed by atoms with Crippen LogP contribution < -0.4 is 5.32 Å². The number of aliphatic hydroxyl groups excluding tert-OH is 2. The average molecular weight is 286 g/mol. The zero-order valence-corrected chi connectivity index (χ0v) is 12.3. The van der Waals surface area contributed by atoms with Gasteiger partial charge in [0.15, 0.2) is 0 Å². The minimum Gasteiger partial charge on any atom is -0.444 e. The minimum absolute atomic E-state index is 0.146. The molecule has 0 fully saturated rings. The summed E-state index contributed by atoms with van der Waals surface area (Å²) in [7, 11) is 1.71. The molecule has 0 bridgehead atoms. The lowest BCUT2D eigenvalue weighted by atomic mass is 9.96. The number of aryl methyl sites for hydroxylation is 1. The molecule has 0 atom stereocenters. The molecule has 1 rings (SSSR count). The number of aromatic nitrogens is 3. The smallest absolute Gasteiger partial charge is 0.408 e. The molecule has 114 valence electrons. The zero-order valence-electron chi connectivity index (χ0n) is 12.3. The maximum absolute atomic E-state index is 11.8. The van der Waals surface area contributed by atoms with Gasteiger partial charge >= 0.3 is 6.09 Å². The maximum Gasteiger partial charge on any atom is 0.408 e. The molecule has 1 amide bonds. The second-order valence-corrected chi connectivity index (χ2v) is 5.78. The van der Waals surface area contributed by atoms with Gasteiger partial charge in [-0.15, -0.1) is 5.10 Å². The molecule has 1 aromatic rings. The lowest BCUT2D eigenvalue weighted by Crippen LogP contribution is -2.56. The van der Waals surface area contributed by atoms with E-state index in [2.05, 4.69) is 15.6 Å². The topological polar surface area (TPSA) is 110 Å². The Labute approximate surface area is 117 Å². The first-order valence-electron chi connectivity index (χ1n) is 6.28. The number of nitrogens with one attached hydrogen (secondary N) is 1. The molecule has 8 nitrogen and oxygen atoms in total. The van der Waals surface area contributed by atoms with Crippen LogP contribution in [0.4, 0.5) is 4.79 Å². The molecule has 20 heavy (non-hydrogen) atoms. The molecule has 0 aromatic carbocycles. The highest BCUT2D eigenvalue weighted by Crippen LogP contribution is 2.13. The van der Waals surface area contributed by atoms with E-state index in [0.29, 0.717) is 5.69 Å². The third-order valence-electron chi connectivity index (χ3n) is 2.54. The van der Waals surface area contributed by atoms with E-state index < -0.39 is 30.4 Å². The highest BCUT2D eigenvalue weighted by Gasteiger charge is 2.34. The van der Waals surface area contributed by atoms with Crippen molar-refractivity contribution in [1.29, 1.82) is 0 Å². The number of hydrogen-bond acceptors (Lipinski definition) is 6. The van der Waals surface area contributed by atoms with Crippen LogP contribution in [0, 0.1) is 0 Å². The van der Waals surface area contributed by atoms with Crippen molar-refractivity contribution in [2.45, 2.75) is 38.3 Å². The average Bonchev–Trinajstić information content (AvgIpc) is 2.71. The number of carbonyl (C=O) groups is 1. The van der Waals surface area contributed by atoms with Crippen LogP contribution in [0.1, 0.15) is 26.5 Å². The molecule has 0 saturated carbocycles. The Morgan fingerprint density at radius 2 is 2.00 bits per heavy atom. The molecule has 0 aliphatic carbocycles. The molecule has 0 aliphatic heterocycles. The number of nitrogens with zero attached hydrogens (tertiary/aromatic N) is 3. The Hall–Kier alpha value is -1.67. The van der Waals surface area contributed by atoms with E-state index >= 15 is 0 Å². The Balaban J connectivity index is 2.78. The summed E-state index contributed by atoms with van der Waals surface area (Å²) >= 11 is 0. The quantitative estimate of drug-likeness (QED) is 0.680. The molecule has 0 saturated heterocycles. The van der Waals surface area contributed by atoms with Crippen LogP contribution in [0.3, 0.4) is 0 Å². The third-order valence-corrected chi connectivity index (χ3v) is 2.54. The van der Waals surface area contributed by atoms with Crippen LogP contribution in [-0.4, -0.2) is 55.7 Å². The molecule has 1 aromatic heterocycles. The van der Waals surface area contributed by atoms with Gasteiger partial charge in [-0.05, 0) is 20.8 Å². The summed E-state index contributed by atoms with van der Waals surface area (Å²) in [6.45, 7) is 4.30. The fraction of sp³-hybridized carbons (Fsp3) is 0.750. The van der Waals surface area contributed by atoms with Crippen molar-refractivity contribution in [1.82, 2.24) is 20.3 Å². The van der Waals surface area contributed by atoms with Gasteiger partial charge in [0.1, 0.15) is 5.60 Å². The molecular formula is C12H22N4O4. The normalized spacial score (nSPS) is 12.3. The van der Waals surface area contributed by atoms with Crippen molar-refractivity contribution >= 4 is 6.09 Å². The first-order valence-corrected chi connectivity index (χ1v) is 6.28. The van der Waals surface area contributed by atoms with E-state index in [1.54, 1.807) is 34.0 Å². The van der Waals surface area contributed by atoms with Gasteiger partial charge in [-0.3, -0.25) is 4.68 Å². The number of aliphatic hydroxyl groups is 2.